The Labute approximate surface area is 144 Å². The van der Waals surface area contributed by atoms with Gasteiger partial charge in [-0.15, -0.1) is 0 Å². The molecule has 0 aliphatic heterocycles. The van der Waals surface area contributed by atoms with Crippen LogP contribution in [0.2, 0.25) is 5.02 Å². The maximum absolute atomic E-state index is 11.6. The second-order valence-corrected chi connectivity index (χ2v) is 5.95. The fourth-order valence-corrected chi connectivity index (χ4v) is 3.09. The fraction of sp³-hybridized carbons (Fsp3) is 0.222. The molecule has 0 aliphatic carbocycles. The van der Waals surface area contributed by atoms with Gasteiger partial charge in [0.05, 0.1) is 28.2 Å². The summed E-state index contributed by atoms with van der Waals surface area (Å²) < 4.78 is 7.04. The molecule has 0 fully saturated rings. The number of hydrogen-bond donors (Lipinski definition) is 1. The first-order valence-electron chi connectivity index (χ1n) is 7.51. The predicted octanol–water partition coefficient (Wildman–Crippen LogP) is 4.01. The molecule has 0 saturated carbocycles. The van der Waals surface area contributed by atoms with E-state index in [1.54, 1.807) is 25.3 Å². The van der Waals surface area contributed by atoms with Crippen molar-refractivity contribution in [3.8, 4) is 11.4 Å². The Bertz CT molecular complexity index is 918. The van der Waals surface area contributed by atoms with Crippen LogP contribution in [0.4, 0.5) is 0 Å². The largest absolute Gasteiger partial charge is 0.478 e. The summed E-state index contributed by atoms with van der Waals surface area (Å²) in [6.07, 6.45) is 0. The molecule has 0 radical (unpaired) electrons. The summed E-state index contributed by atoms with van der Waals surface area (Å²) in [5, 5.41) is 10.1. The monoisotopic (exact) mass is 344 g/mol. The number of nitrogens with zero attached hydrogens (tertiary/aromatic N) is 2. The van der Waals surface area contributed by atoms with Crippen molar-refractivity contribution < 1.29 is 14.6 Å². The van der Waals surface area contributed by atoms with E-state index in [-0.39, 0.29) is 5.56 Å². The van der Waals surface area contributed by atoms with Gasteiger partial charge in [0.25, 0.3) is 0 Å². The molecule has 0 spiro atoms. The van der Waals surface area contributed by atoms with Crippen molar-refractivity contribution >= 4 is 28.6 Å². The highest BCUT2D eigenvalue weighted by molar-refractivity contribution is 6.33. The van der Waals surface area contributed by atoms with Crippen LogP contribution < -0.4 is 0 Å². The molecule has 24 heavy (non-hydrogen) atoms. The lowest BCUT2D eigenvalue weighted by molar-refractivity contribution is 0.0698. The first-order chi connectivity index (χ1) is 11.5. The minimum atomic E-state index is -0.985. The number of carbonyl (C=O) groups is 1. The number of benzene rings is 2. The molecule has 3 aromatic rings. The molecular formula is C18H17ClN2O3. The first-order valence-corrected chi connectivity index (χ1v) is 7.88. The number of hydrogen-bond acceptors (Lipinski definition) is 3. The lowest BCUT2D eigenvalue weighted by Gasteiger charge is -2.11. The zero-order chi connectivity index (χ0) is 17.3. The number of aryl methyl sites for hydroxylation is 1. The van der Waals surface area contributed by atoms with E-state index in [0.29, 0.717) is 35.0 Å². The van der Waals surface area contributed by atoms with Crippen molar-refractivity contribution in [2.75, 3.05) is 13.7 Å². The molecule has 0 saturated heterocycles. The van der Waals surface area contributed by atoms with E-state index in [4.69, 9.17) is 16.3 Å². The van der Waals surface area contributed by atoms with E-state index in [9.17, 15) is 9.90 Å². The zero-order valence-electron chi connectivity index (χ0n) is 13.4. The molecule has 124 valence electrons. The summed E-state index contributed by atoms with van der Waals surface area (Å²) in [5.74, 6) is -0.346. The number of halogens is 1. The number of fused-ring (bicyclic) bond motifs is 1. The number of carboxylic acids is 1. The predicted molar refractivity (Wildman–Crippen MR) is 93.8 cm³/mol. The van der Waals surface area contributed by atoms with Crippen LogP contribution in [0.1, 0.15) is 15.9 Å². The normalized spacial score (nSPS) is 11.1. The number of methoxy groups -OCH3 is 1. The van der Waals surface area contributed by atoms with E-state index in [1.165, 1.54) is 0 Å². The van der Waals surface area contributed by atoms with Gasteiger partial charge in [0.2, 0.25) is 0 Å². The Balaban J connectivity index is 2.31. The smallest absolute Gasteiger partial charge is 0.337 e. The quantitative estimate of drug-likeness (QED) is 0.759. The third-order valence-electron chi connectivity index (χ3n) is 3.88. The van der Waals surface area contributed by atoms with Crippen molar-refractivity contribution in [2.45, 2.75) is 13.5 Å². The fourth-order valence-electron chi connectivity index (χ4n) is 2.77. The van der Waals surface area contributed by atoms with E-state index in [0.717, 1.165) is 11.1 Å². The minimum Gasteiger partial charge on any atom is -0.478 e. The maximum Gasteiger partial charge on any atom is 0.337 e. The van der Waals surface area contributed by atoms with Gasteiger partial charge in [0, 0.05) is 19.2 Å². The van der Waals surface area contributed by atoms with Gasteiger partial charge in [0.15, 0.2) is 0 Å². The number of imidazole rings is 1. The average molecular weight is 345 g/mol. The second kappa shape index (κ2) is 6.63. The third-order valence-corrected chi connectivity index (χ3v) is 4.19. The highest BCUT2D eigenvalue weighted by Crippen LogP contribution is 2.32. The highest BCUT2D eigenvalue weighted by Gasteiger charge is 2.19. The molecule has 3 rings (SSSR count). The molecule has 0 bridgehead atoms. The van der Waals surface area contributed by atoms with Gasteiger partial charge in [-0.05, 0) is 36.8 Å². The highest BCUT2D eigenvalue weighted by atomic mass is 35.5. The first kappa shape index (κ1) is 16.5. The molecule has 2 aromatic carbocycles. The SMILES string of the molecule is COCCn1c(-c2ccc(C)cc2Cl)nc2cccc(C(=O)O)c21. The number of ether oxygens (including phenoxy) is 1. The second-order valence-electron chi connectivity index (χ2n) is 5.54. The number of aromatic carboxylic acids is 1. The number of rotatable bonds is 5. The van der Waals surface area contributed by atoms with E-state index in [2.05, 4.69) is 4.98 Å². The molecule has 1 heterocycles. The molecule has 0 unspecified atom stereocenters. The van der Waals surface area contributed by atoms with Crippen molar-refractivity contribution in [3.05, 3.63) is 52.5 Å². The molecular weight excluding hydrogens is 328 g/mol. The van der Waals surface area contributed by atoms with Crippen LogP contribution in [0, 0.1) is 6.92 Å². The van der Waals surface area contributed by atoms with Crippen LogP contribution in [0.5, 0.6) is 0 Å². The summed E-state index contributed by atoms with van der Waals surface area (Å²) in [4.78, 5) is 16.2. The van der Waals surface area contributed by atoms with Crippen molar-refractivity contribution in [2.24, 2.45) is 0 Å². The van der Waals surface area contributed by atoms with Gasteiger partial charge in [-0.1, -0.05) is 23.7 Å². The van der Waals surface area contributed by atoms with Gasteiger partial charge in [-0.25, -0.2) is 9.78 Å². The van der Waals surface area contributed by atoms with Crippen LogP contribution in [-0.4, -0.2) is 34.3 Å². The van der Waals surface area contributed by atoms with E-state index < -0.39 is 5.97 Å². The van der Waals surface area contributed by atoms with E-state index >= 15 is 0 Å². The zero-order valence-corrected chi connectivity index (χ0v) is 14.2. The Morgan fingerprint density at radius 3 is 2.79 bits per heavy atom. The topological polar surface area (TPSA) is 64.4 Å². The van der Waals surface area contributed by atoms with Gasteiger partial charge in [-0.3, -0.25) is 0 Å². The Kier molecular flexibility index (Phi) is 4.55. The summed E-state index contributed by atoms with van der Waals surface area (Å²) in [7, 11) is 1.61. The molecule has 6 heteroatoms. The van der Waals surface area contributed by atoms with Crippen LogP contribution in [-0.2, 0) is 11.3 Å². The van der Waals surface area contributed by atoms with Crippen molar-refractivity contribution in [1.82, 2.24) is 9.55 Å². The van der Waals surface area contributed by atoms with Crippen molar-refractivity contribution in [3.63, 3.8) is 0 Å². The molecule has 5 nitrogen and oxygen atoms in total. The number of carboxylic acid groups (broad SMARTS) is 1. The maximum atomic E-state index is 11.6. The molecule has 1 aromatic heterocycles. The van der Waals surface area contributed by atoms with Gasteiger partial charge in [0.1, 0.15) is 5.82 Å². The Hall–Kier alpha value is -2.37. The number of para-hydroxylation sites is 1. The van der Waals surface area contributed by atoms with Crippen molar-refractivity contribution in [1.29, 1.82) is 0 Å². The number of aromatic nitrogens is 2. The van der Waals surface area contributed by atoms with Crippen LogP contribution in [0.15, 0.2) is 36.4 Å². The summed E-state index contributed by atoms with van der Waals surface area (Å²) in [6, 6.07) is 10.8. The molecule has 0 aliphatic rings. The van der Waals surface area contributed by atoms with Crippen LogP contribution >= 0.6 is 11.6 Å². The van der Waals surface area contributed by atoms with Crippen LogP contribution in [0.3, 0.4) is 0 Å². The van der Waals surface area contributed by atoms with Gasteiger partial charge >= 0.3 is 5.97 Å². The summed E-state index contributed by atoms with van der Waals surface area (Å²) in [6.45, 7) is 2.89. The standard InChI is InChI=1S/C18H17ClN2O3/c1-11-6-7-12(14(19)10-11)17-20-15-5-3-4-13(18(22)23)16(15)21(17)8-9-24-2/h3-7,10H,8-9H2,1-2H3,(H,22,23). The molecule has 1 N–H and O–H groups in total. The summed E-state index contributed by atoms with van der Waals surface area (Å²) >= 11 is 6.40. The Morgan fingerprint density at radius 1 is 1.33 bits per heavy atom. The van der Waals surface area contributed by atoms with Crippen LogP contribution in [0.25, 0.3) is 22.4 Å². The van der Waals surface area contributed by atoms with E-state index in [1.807, 2.05) is 29.7 Å². The third kappa shape index (κ3) is 2.88. The van der Waals surface area contributed by atoms with Gasteiger partial charge < -0.3 is 14.4 Å². The summed E-state index contributed by atoms with van der Waals surface area (Å²) in [5.41, 5.74) is 3.23. The lowest BCUT2D eigenvalue weighted by atomic mass is 10.1. The molecule has 0 amide bonds. The minimum absolute atomic E-state index is 0.214. The Morgan fingerprint density at radius 2 is 2.12 bits per heavy atom. The van der Waals surface area contributed by atoms with Gasteiger partial charge in [-0.2, -0.15) is 0 Å². The molecule has 0 atom stereocenters. The average Bonchev–Trinajstić information content (AvgIpc) is 2.91. The lowest BCUT2D eigenvalue weighted by Crippen LogP contribution is -2.09.